The van der Waals surface area contributed by atoms with Gasteiger partial charge in [-0.05, 0) is 25.8 Å². The van der Waals surface area contributed by atoms with E-state index in [1.165, 1.54) is 32.1 Å². The molecule has 19 heavy (non-hydrogen) atoms. The van der Waals surface area contributed by atoms with Crippen molar-refractivity contribution in [3.05, 3.63) is 0 Å². The average Bonchev–Trinajstić information content (AvgIpc) is 2.46. The Morgan fingerprint density at radius 3 is 2.63 bits per heavy atom. The maximum absolute atomic E-state index is 11.7. The van der Waals surface area contributed by atoms with Gasteiger partial charge in [-0.25, -0.2) is 0 Å². The first-order valence-electron chi connectivity index (χ1n) is 7.79. The molecule has 0 bridgehead atoms. The quantitative estimate of drug-likeness (QED) is 0.490. The lowest BCUT2D eigenvalue weighted by molar-refractivity contribution is -0.151. The Morgan fingerprint density at radius 1 is 1.11 bits per heavy atom. The summed E-state index contributed by atoms with van der Waals surface area (Å²) < 4.78 is 10.7. The highest BCUT2D eigenvalue weighted by atomic mass is 16.6. The standard InChI is InChI=1S/C15H29NO3/c1-2-3-9-16-10-11-18-12-13-19-15(17)14-7-5-4-6-8-14/h14,16H,2-13H2,1H3. The van der Waals surface area contributed by atoms with E-state index in [1.807, 2.05) is 0 Å². The molecule has 4 nitrogen and oxygen atoms in total. The SMILES string of the molecule is CCCCNCCOCCOC(=O)C1CCCCC1. The lowest BCUT2D eigenvalue weighted by Crippen LogP contribution is -2.24. The van der Waals surface area contributed by atoms with Gasteiger partial charge in [0.1, 0.15) is 6.61 Å². The molecule has 0 aliphatic heterocycles. The largest absolute Gasteiger partial charge is 0.463 e. The molecule has 1 aliphatic carbocycles. The van der Waals surface area contributed by atoms with Crippen molar-refractivity contribution in [2.45, 2.75) is 51.9 Å². The second-order valence-electron chi connectivity index (χ2n) is 5.22. The molecule has 0 spiro atoms. The first-order valence-corrected chi connectivity index (χ1v) is 7.79. The smallest absolute Gasteiger partial charge is 0.309 e. The van der Waals surface area contributed by atoms with Gasteiger partial charge in [0.15, 0.2) is 0 Å². The van der Waals surface area contributed by atoms with E-state index in [-0.39, 0.29) is 11.9 Å². The van der Waals surface area contributed by atoms with E-state index < -0.39 is 0 Å². The van der Waals surface area contributed by atoms with Crippen molar-refractivity contribution < 1.29 is 14.3 Å². The third-order valence-electron chi connectivity index (χ3n) is 3.54. The van der Waals surface area contributed by atoms with Gasteiger partial charge in [0.05, 0.1) is 19.1 Å². The van der Waals surface area contributed by atoms with E-state index in [0.29, 0.717) is 19.8 Å². The number of hydrogen-bond donors (Lipinski definition) is 1. The predicted octanol–water partition coefficient (Wildman–Crippen LogP) is 2.52. The molecule has 0 atom stereocenters. The summed E-state index contributed by atoms with van der Waals surface area (Å²) in [6.07, 6.45) is 8.02. The number of unbranched alkanes of at least 4 members (excludes halogenated alkanes) is 1. The molecule has 1 saturated carbocycles. The van der Waals surface area contributed by atoms with Gasteiger partial charge in [-0.15, -0.1) is 0 Å². The molecule has 1 rings (SSSR count). The molecule has 0 unspecified atom stereocenters. The van der Waals surface area contributed by atoms with Gasteiger partial charge in [0.2, 0.25) is 0 Å². The van der Waals surface area contributed by atoms with Gasteiger partial charge < -0.3 is 14.8 Å². The molecule has 1 aliphatic rings. The molecule has 0 aromatic heterocycles. The third kappa shape index (κ3) is 8.22. The van der Waals surface area contributed by atoms with Crippen LogP contribution in [-0.2, 0) is 14.3 Å². The number of esters is 1. The fraction of sp³-hybridized carbons (Fsp3) is 0.933. The van der Waals surface area contributed by atoms with E-state index in [4.69, 9.17) is 9.47 Å². The van der Waals surface area contributed by atoms with Crippen LogP contribution >= 0.6 is 0 Å². The second-order valence-corrected chi connectivity index (χ2v) is 5.22. The lowest BCUT2D eigenvalue weighted by atomic mass is 9.89. The molecule has 0 radical (unpaired) electrons. The van der Waals surface area contributed by atoms with Crippen molar-refractivity contribution in [3.63, 3.8) is 0 Å². The summed E-state index contributed by atoms with van der Waals surface area (Å²) in [6.45, 7) is 5.69. The summed E-state index contributed by atoms with van der Waals surface area (Å²) in [7, 11) is 0. The minimum Gasteiger partial charge on any atom is -0.463 e. The number of rotatable bonds is 10. The van der Waals surface area contributed by atoms with Crippen molar-refractivity contribution >= 4 is 5.97 Å². The van der Waals surface area contributed by atoms with E-state index in [2.05, 4.69) is 12.2 Å². The highest BCUT2D eigenvalue weighted by molar-refractivity contribution is 5.72. The van der Waals surface area contributed by atoms with E-state index >= 15 is 0 Å². The fourth-order valence-electron chi connectivity index (χ4n) is 2.33. The molecular formula is C15H29NO3. The van der Waals surface area contributed by atoms with E-state index in [1.54, 1.807) is 0 Å². The van der Waals surface area contributed by atoms with Gasteiger partial charge in [-0.2, -0.15) is 0 Å². The Labute approximate surface area is 117 Å². The molecule has 0 amide bonds. The maximum atomic E-state index is 11.7. The normalized spacial score (nSPS) is 16.5. The first-order chi connectivity index (χ1) is 9.34. The molecule has 0 saturated heterocycles. The van der Waals surface area contributed by atoms with Gasteiger partial charge in [0, 0.05) is 6.54 Å². The van der Waals surface area contributed by atoms with Gasteiger partial charge in [0.25, 0.3) is 0 Å². The molecular weight excluding hydrogens is 242 g/mol. The summed E-state index contributed by atoms with van der Waals surface area (Å²) >= 11 is 0. The number of ether oxygens (including phenoxy) is 2. The highest BCUT2D eigenvalue weighted by Gasteiger charge is 2.22. The van der Waals surface area contributed by atoms with E-state index in [9.17, 15) is 4.79 Å². The van der Waals surface area contributed by atoms with Gasteiger partial charge in [-0.1, -0.05) is 32.6 Å². The zero-order valence-electron chi connectivity index (χ0n) is 12.3. The van der Waals surface area contributed by atoms with Crippen LogP contribution in [0.15, 0.2) is 0 Å². The van der Waals surface area contributed by atoms with Crippen LogP contribution in [0.5, 0.6) is 0 Å². The monoisotopic (exact) mass is 271 g/mol. The number of carbonyl (C=O) groups excluding carboxylic acids is 1. The minimum atomic E-state index is -0.0237. The maximum Gasteiger partial charge on any atom is 0.309 e. The van der Waals surface area contributed by atoms with Crippen LogP contribution in [0.2, 0.25) is 0 Å². The van der Waals surface area contributed by atoms with Gasteiger partial charge >= 0.3 is 5.97 Å². The first kappa shape index (κ1) is 16.4. The lowest BCUT2D eigenvalue weighted by Gasteiger charge is -2.19. The van der Waals surface area contributed by atoms with Crippen molar-refractivity contribution in [1.82, 2.24) is 5.32 Å². The van der Waals surface area contributed by atoms with Crippen LogP contribution in [0, 0.1) is 5.92 Å². The molecule has 112 valence electrons. The average molecular weight is 271 g/mol. The van der Waals surface area contributed by atoms with Crippen LogP contribution in [0.25, 0.3) is 0 Å². The van der Waals surface area contributed by atoms with Crippen molar-refractivity contribution in [2.75, 3.05) is 32.9 Å². The number of carbonyl (C=O) groups is 1. The number of hydrogen-bond acceptors (Lipinski definition) is 4. The molecule has 0 aromatic rings. The Bertz CT molecular complexity index is 227. The zero-order chi connectivity index (χ0) is 13.8. The number of nitrogens with one attached hydrogen (secondary N) is 1. The van der Waals surface area contributed by atoms with Crippen LogP contribution in [0.4, 0.5) is 0 Å². The summed E-state index contributed by atoms with van der Waals surface area (Å²) in [5.41, 5.74) is 0. The van der Waals surface area contributed by atoms with Crippen LogP contribution in [0.1, 0.15) is 51.9 Å². The van der Waals surface area contributed by atoms with Crippen molar-refractivity contribution in [2.24, 2.45) is 5.92 Å². The molecule has 0 heterocycles. The fourth-order valence-corrected chi connectivity index (χ4v) is 2.33. The van der Waals surface area contributed by atoms with Crippen LogP contribution in [-0.4, -0.2) is 38.9 Å². The van der Waals surface area contributed by atoms with Crippen LogP contribution < -0.4 is 5.32 Å². The molecule has 1 N–H and O–H groups in total. The van der Waals surface area contributed by atoms with E-state index in [0.717, 1.165) is 25.9 Å². The molecule has 1 fully saturated rings. The summed E-state index contributed by atoms with van der Waals surface area (Å²) in [5.74, 6) is 0.119. The Kier molecular flexibility index (Phi) is 9.72. The Morgan fingerprint density at radius 2 is 1.89 bits per heavy atom. The minimum absolute atomic E-state index is 0.0237. The second kappa shape index (κ2) is 11.2. The zero-order valence-corrected chi connectivity index (χ0v) is 12.3. The Balaban J connectivity index is 1.86. The molecule has 4 heteroatoms. The third-order valence-corrected chi connectivity index (χ3v) is 3.54. The van der Waals surface area contributed by atoms with Gasteiger partial charge in [-0.3, -0.25) is 4.79 Å². The summed E-state index contributed by atoms with van der Waals surface area (Å²) in [6, 6.07) is 0. The van der Waals surface area contributed by atoms with Crippen LogP contribution in [0.3, 0.4) is 0 Å². The Hall–Kier alpha value is -0.610. The predicted molar refractivity (Wildman–Crippen MR) is 76.1 cm³/mol. The topological polar surface area (TPSA) is 47.6 Å². The molecule has 0 aromatic carbocycles. The summed E-state index contributed by atoms with van der Waals surface area (Å²) in [4.78, 5) is 11.7. The van der Waals surface area contributed by atoms with Crippen molar-refractivity contribution in [3.8, 4) is 0 Å². The summed E-state index contributed by atoms with van der Waals surface area (Å²) in [5, 5.41) is 3.30. The highest BCUT2D eigenvalue weighted by Crippen LogP contribution is 2.24. The van der Waals surface area contributed by atoms with Crippen molar-refractivity contribution in [1.29, 1.82) is 0 Å².